The third-order valence-electron chi connectivity index (χ3n) is 4.27. The first-order valence-electron chi connectivity index (χ1n) is 7.89. The molecule has 132 valence electrons. The minimum Gasteiger partial charge on any atom is -0.310 e. The number of amides is 1. The number of halogens is 1. The van der Waals surface area contributed by atoms with E-state index < -0.39 is 10.0 Å². The van der Waals surface area contributed by atoms with Crippen LogP contribution in [0.4, 0.5) is 11.4 Å². The highest BCUT2D eigenvalue weighted by Crippen LogP contribution is 2.39. The van der Waals surface area contributed by atoms with Gasteiger partial charge in [-0.25, -0.2) is 8.42 Å². The molecule has 0 aliphatic carbocycles. The van der Waals surface area contributed by atoms with E-state index in [1.807, 2.05) is 19.1 Å². The molecule has 0 saturated carbocycles. The van der Waals surface area contributed by atoms with Crippen molar-refractivity contribution < 1.29 is 13.2 Å². The van der Waals surface area contributed by atoms with Crippen molar-refractivity contribution in [1.29, 1.82) is 0 Å². The molecular weight excluding hydrogens is 404 g/mol. The topological polar surface area (TPSA) is 66.5 Å². The third kappa shape index (κ3) is 3.43. The van der Waals surface area contributed by atoms with Gasteiger partial charge in [-0.2, -0.15) is 0 Å². The van der Waals surface area contributed by atoms with Gasteiger partial charge in [-0.15, -0.1) is 0 Å². The first-order valence-corrected chi connectivity index (χ1v) is 10.2. The molecule has 1 aliphatic rings. The molecule has 1 aliphatic heterocycles. The van der Waals surface area contributed by atoms with Gasteiger partial charge in [0.1, 0.15) is 0 Å². The summed E-state index contributed by atoms with van der Waals surface area (Å²) in [4.78, 5) is 13.8. The number of carbonyl (C=O) groups excluding carboxylic acids is 1. The second kappa shape index (κ2) is 6.46. The highest BCUT2D eigenvalue weighted by molar-refractivity contribution is 9.10. The van der Waals surface area contributed by atoms with Gasteiger partial charge >= 0.3 is 0 Å². The Hall–Kier alpha value is -1.86. The number of hydrogen-bond acceptors (Lipinski definition) is 3. The predicted octanol–water partition coefficient (Wildman–Crippen LogP) is 3.78. The minimum absolute atomic E-state index is 0.104. The van der Waals surface area contributed by atoms with Crippen LogP contribution >= 0.6 is 15.9 Å². The van der Waals surface area contributed by atoms with Crippen molar-refractivity contribution in [2.24, 2.45) is 0 Å². The molecule has 0 radical (unpaired) electrons. The summed E-state index contributed by atoms with van der Waals surface area (Å²) in [5.41, 5.74) is 3.69. The average molecular weight is 423 g/mol. The zero-order valence-corrected chi connectivity index (χ0v) is 16.7. The van der Waals surface area contributed by atoms with E-state index >= 15 is 0 Å². The van der Waals surface area contributed by atoms with Gasteiger partial charge < -0.3 is 4.90 Å². The second-order valence-electron chi connectivity index (χ2n) is 6.26. The number of rotatable bonds is 3. The third-order valence-corrected chi connectivity index (χ3v) is 6.26. The number of hydrogen-bond donors (Lipinski definition) is 1. The number of carbonyl (C=O) groups is 1. The summed E-state index contributed by atoms with van der Waals surface area (Å²) in [6, 6.07) is 8.83. The Morgan fingerprint density at radius 2 is 1.92 bits per heavy atom. The summed E-state index contributed by atoms with van der Waals surface area (Å²) >= 11 is 3.42. The fraction of sp³-hybridized carbons (Fsp3) is 0.278. The van der Waals surface area contributed by atoms with Crippen LogP contribution in [0.5, 0.6) is 0 Å². The highest BCUT2D eigenvalue weighted by Gasteiger charge is 2.28. The number of anilines is 2. The van der Waals surface area contributed by atoms with Crippen LogP contribution < -0.4 is 9.62 Å². The van der Waals surface area contributed by atoms with E-state index in [1.54, 1.807) is 30.0 Å². The van der Waals surface area contributed by atoms with Crippen molar-refractivity contribution in [3.8, 4) is 0 Å². The quantitative estimate of drug-likeness (QED) is 0.817. The number of benzene rings is 2. The van der Waals surface area contributed by atoms with Crippen molar-refractivity contribution in [2.75, 3.05) is 16.2 Å². The van der Waals surface area contributed by atoms with Crippen LogP contribution in [0, 0.1) is 13.8 Å². The van der Waals surface area contributed by atoms with Crippen LogP contribution in [0.25, 0.3) is 0 Å². The van der Waals surface area contributed by atoms with Gasteiger partial charge in [0.2, 0.25) is 5.91 Å². The minimum atomic E-state index is -3.76. The van der Waals surface area contributed by atoms with Crippen LogP contribution in [0.15, 0.2) is 39.7 Å². The van der Waals surface area contributed by atoms with Crippen LogP contribution in [0.2, 0.25) is 0 Å². The van der Waals surface area contributed by atoms with Crippen LogP contribution in [0.3, 0.4) is 0 Å². The molecular formula is C18H19BrN2O3S. The van der Waals surface area contributed by atoms with Crippen molar-refractivity contribution in [2.45, 2.75) is 32.1 Å². The summed E-state index contributed by atoms with van der Waals surface area (Å²) in [7, 11) is -3.76. The van der Waals surface area contributed by atoms with Gasteiger partial charge in [-0.05, 0) is 49.6 Å². The van der Waals surface area contributed by atoms with E-state index in [-0.39, 0.29) is 10.8 Å². The second-order valence-corrected chi connectivity index (χ2v) is 8.82. The fourth-order valence-electron chi connectivity index (χ4n) is 3.20. The number of sulfonamides is 1. The smallest absolute Gasteiger partial charge is 0.262 e. The maximum absolute atomic E-state index is 12.9. The molecule has 7 heteroatoms. The van der Waals surface area contributed by atoms with E-state index in [0.29, 0.717) is 29.9 Å². The largest absolute Gasteiger partial charge is 0.310 e. The lowest BCUT2D eigenvalue weighted by Crippen LogP contribution is -2.27. The van der Waals surface area contributed by atoms with Crippen molar-refractivity contribution in [3.63, 3.8) is 0 Å². The highest BCUT2D eigenvalue weighted by atomic mass is 79.9. The molecule has 0 aromatic heterocycles. The molecule has 0 fully saturated rings. The first-order chi connectivity index (χ1) is 11.7. The maximum Gasteiger partial charge on any atom is 0.262 e. The lowest BCUT2D eigenvalue weighted by atomic mass is 10.1. The van der Waals surface area contributed by atoms with Crippen molar-refractivity contribution in [1.82, 2.24) is 0 Å². The zero-order valence-electron chi connectivity index (χ0n) is 14.3. The number of aryl methyl sites for hydroxylation is 2. The molecule has 25 heavy (non-hydrogen) atoms. The maximum atomic E-state index is 12.9. The zero-order chi connectivity index (χ0) is 18.4. The molecule has 5 nitrogen and oxygen atoms in total. The Morgan fingerprint density at radius 1 is 1.20 bits per heavy atom. The molecule has 1 heterocycles. The van der Waals surface area contributed by atoms with Crippen molar-refractivity contribution >= 4 is 43.2 Å². The Labute approximate surface area is 156 Å². The first kappa shape index (κ1) is 17.9. The van der Waals surface area contributed by atoms with Crippen LogP contribution in [0.1, 0.15) is 23.6 Å². The molecule has 2 aromatic carbocycles. The molecule has 0 saturated heterocycles. The molecule has 3 rings (SSSR count). The average Bonchev–Trinajstić information content (AvgIpc) is 2.90. The number of fused-ring (bicyclic) bond motifs is 1. The molecule has 1 amide bonds. The fourth-order valence-corrected chi connectivity index (χ4v) is 4.99. The molecule has 0 unspecified atom stereocenters. The van der Waals surface area contributed by atoms with Gasteiger partial charge in [0.25, 0.3) is 10.0 Å². The lowest BCUT2D eigenvalue weighted by Gasteiger charge is -2.20. The van der Waals surface area contributed by atoms with Gasteiger partial charge in [-0.1, -0.05) is 33.6 Å². The molecule has 0 spiro atoms. The van der Waals surface area contributed by atoms with E-state index in [1.165, 1.54) is 6.92 Å². The van der Waals surface area contributed by atoms with E-state index in [2.05, 4.69) is 20.7 Å². The molecule has 2 aromatic rings. The summed E-state index contributed by atoms with van der Waals surface area (Å²) in [5, 5.41) is 0. The molecule has 1 N–H and O–H groups in total. The van der Waals surface area contributed by atoms with E-state index in [9.17, 15) is 13.2 Å². The molecule has 0 bridgehead atoms. The van der Waals surface area contributed by atoms with Gasteiger partial charge in [0, 0.05) is 17.9 Å². The van der Waals surface area contributed by atoms with E-state index in [0.717, 1.165) is 15.6 Å². The summed E-state index contributed by atoms with van der Waals surface area (Å²) in [5.74, 6) is -0.104. The Balaban J connectivity index is 2.08. The Morgan fingerprint density at radius 3 is 2.56 bits per heavy atom. The number of nitrogens with one attached hydrogen (secondary N) is 1. The van der Waals surface area contributed by atoms with Gasteiger partial charge in [0.05, 0.1) is 16.3 Å². The van der Waals surface area contributed by atoms with Crippen molar-refractivity contribution in [3.05, 3.63) is 51.5 Å². The predicted molar refractivity (Wildman–Crippen MR) is 103 cm³/mol. The van der Waals surface area contributed by atoms with Gasteiger partial charge in [-0.3, -0.25) is 9.52 Å². The summed E-state index contributed by atoms with van der Waals surface area (Å²) in [6.45, 7) is 5.73. The number of nitrogens with zero attached hydrogens (tertiary/aromatic N) is 1. The SMILES string of the molecule is CC(=O)N1CCc2cc(Br)cc(NS(=O)(=O)c3ccc(C)cc3C)c21. The van der Waals surface area contributed by atoms with Crippen LogP contribution in [-0.2, 0) is 21.2 Å². The Bertz CT molecular complexity index is 971. The summed E-state index contributed by atoms with van der Waals surface area (Å²) < 4.78 is 29.2. The Kier molecular flexibility index (Phi) is 4.64. The van der Waals surface area contributed by atoms with Gasteiger partial charge in [0.15, 0.2) is 0 Å². The molecule has 0 atom stereocenters. The monoisotopic (exact) mass is 422 g/mol. The normalized spacial score (nSPS) is 13.7. The van der Waals surface area contributed by atoms with Crippen LogP contribution in [-0.4, -0.2) is 20.9 Å². The van der Waals surface area contributed by atoms with E-state index in [4.69, 9.17) is 0 Å². The summed E-state index contributed by atoms with van der Waals surface area (Å²) in [6.07, 6.45) is 0.701. The standard InChI is InChI=1S/C18H19BrN2O3S/c1-11-4-5-17(12(2)8-11)25(23,24)20-16-10-15(19)9-14-6-7-21(13(3)22)18(14)16/h4-5,8-10,20H,6-7H2,1-3H3. The lowest BCUT2D eigenvalue weighted by molar-refractivity contribution is -0.116.